The molecule has 1 amide bonds. The van der Waals surface area contributed by atoms with Crippen molar-refractivity contribution in [1.82, 2.24) is 5.32 Å². The lowest BCUT2D eigenvalue weighted by Gasteiger charge is -2.08. The van der Waals surface area contributed by atoms with Gasteiger partial charge in [0.2, 0.25) is 0 Å². The molecule has 138 valence electrons. The summed E-state index contributed by atoms with van der Waals surface area (Å²) in [6.07, 6.45) is 0. The molecule has 0 aliphatic rings. The normalized spacial score (nSPS) is 9.96. The van der Waals surface area contributed by atoms with E-state index in [9.17, 15) is 9.59 Å². The van der Waals surface area contributed by atoms with Crippen LogP contribution in [0.25, 0.3) is 11.1 Å². The Bertz CT molecular complexity index is 1010. The molecular weight excluding hydrogens is 352 g/mol. The average molecular weight is 370 g/mol. The van der Waals surface area contributed by atoms with Gasteiger partial charge in [-0.1, -0.05) is 54.6 Å². The van der Waals surface area contributed by atoms with Crippen molar-refractivity contribution in [1.29, 1.82) is 5.26 Å². The molecule has 3 rings (SSSR count). The number of ether oxygens (including phenoxy) is 1. The number of rotatable bonds is 6. The van der Waals surface area contributed by atoms with Crippen LogP contribution in [0.4, 0.5) is 0 Å². The van der Waals surface area contributed by atoms with Crippen LogP contribution in [0, 0.1) is 11.3 Å². The van der Waals surface area contributed by atoms with Gasteiger partial charge in [0.15, 0.2) is 0 Å². The largest absolute Gasteiger partial charge is 0.460 e. The Kier molecular flexibility index (Phi) is 6.17. The second-order valence-corrected chi connectivity index (χ2v) is 6.10. The fourth-order valence-electron chi connectivity index (χ4n) is 2.64. The van der Waals surface area contributed by atoms with E-state index < -0.39 is 5.97 Å². The predicted molar refractivity (Wildman–Crippen MR) is 105 cm³/mol. The molecule has 0 aromatic heterocycles. The Balaban J connectivity index is 1.49. The molecule has 0 spiro atoms. The van der Waals surface area contributed by atoms with E-state index in [-0.39, 0.29) is 19.1 Å². The summed E-state index contributed by atoms with van der Waals surface area (Å²) < 4.78 is 5.13. The quantitative estimate of drug-likeness (QED) is 0.671. The standard InChI is InChI=1S/C23H18N2O3/c24-14-17-5-4-6-18(13-17)16-28-22(26)15-25-23(27)21-11-9-20(10-12-21)19-7-2-1-3-8-19/h1-13H,15-16H2,(H,25,27). The van der Waals surface area contributed by atoms with Gasteiger partial charge in [0.05, 0.1) is 11.6 Å². The Hall–Kier alpha value is -3.91. The number of esters is 1. The number of hydrogen-bond acceptors (Lipinski definition) is 4. The maximum absolute atomic E-state index is 12.2. The summed E-state index contributed by atoms with van der Waals surface area (Å²) in [7, 11) is 0. The van der Waals surface area contributed by atoms with Gasteiger partial charge in [0.1, 0.15) is 13.2 Å². The van der Waals surface area contributed by atoms with Gasteiger partial charge in [-0.2, -0.15) is 5.26 Å². The van der Waals surface area contributed by atoms with E-state index in [0.29, 0.717) is 11.1 Å². The highest BCUT2D eigenvalue weighted by molar-refractivity contribution is 5.96. The molecule has 5 heteroatoms. The maximum atomic E-state index is 12.2. The van der Waals surface area contributed by atoms with Gasteiger partial charge in [0.25, 0.3) is 5.91 Å². The highest BCUT2D eigenvalue weighted by Gasteiger charge is 2.09. The monoisotopic (exact) mass is 370 g/mol. The van der Waals surface area contributed by atoms with Crippen molar-refractivity contribution in [2.45, 2.75) is 6.61 Å². The van der Waals surface area contributed by atoms with E-state index in [1.165, 1.54) is 0 Å². The zero-order chi connectivity index (χ0) is 19.8. The smallest absolute Gasteiger partial charge is 0.325 e. The lowest BCUT2D eigenvalue weighted by Crippen LogP contribution is -2.30. The molecule has 28 heavy (non-hydrogen) atoms. The van der Waals surface area contributed by atoms with Crippen molar-refractivity contribution < 1.29 is 14.3 Å². The van der Waals surface area contributed by atoms with Gasteiger partial charge in [-0.25, -0.2) is 0 Å². The third-order valence-electron chi connectivity index (χ3n) is 4.10. The first-order valence-electron chi connectivity index (χ1n) is 8.74. The van der Waals surface area contributed by atoms with E-state index in [2.05, 4.69) is 5.32 Å². The number of carbonyl (C=O) groups is 2. The van der Waals surface area contributed by atoms with Crippen LogP contribution < -0.4 is 5.32 Å². The van der Waals surface area contributed by atoms with Gasteiger partial charge < -0.3 is 10.1 Å². The van der Waals surface area contributed by atoms with Crippen LogP contribution in [-0.4, -0.2) is 18.4 Å². The number of nitriles is 1. The van der Waals surface area contributed by atoms with E-state index in [1.54, 1.807) is 36.4 Å². The molecule has 0 heterocycles. The zero-order valence-electron chi connectivity index (χ0n) is 15.1. The molecule has 0 saturated heterocycles. The molecule has 3 aromatic carbocycles. The van der Waals surface area contributed by atoms with Gasteiger partial charge in [0, 0.05) is 5.56 Å². The second-order valence-electron chi connectivity index (χ2n) is 6.10. The van der Waals surface area contributed by atoms with E-state index >= 15 is 0 Å². The number of hydrogen-bond donors (Lipinski definition) is 1. The molecule has 0 radical (unpaired) electrons. The Morgan fingerprint density at radius 3 is 2.32 bits per heavy atom. The first kappa shape index (κ1) is 18.9. The number of amides is 1. The second kappa shape index (κ2) is 9.15. The highest BCUT2D eigenvalue weighted by Crippen LogP contribution is 2.19. The summed E-state index contributed by atoms with van der Waals surface area (Å²) in [6, 6.07) is 25.9. The molecule has 0 atom stereocenters. The van der Waals surface area contributed by atoms with Crippen LogP contribution in [0.1, 0.15) is 21.5 Å². The van der Waals surface area contributed by atoms with E-state index in [0.717, 1.165) is 16.7 Å². The summed E-state index contributed by atoms with van der Waals surface area (Å²) >= 11 is 0. The average Bonchev–Trinajstić information content (AvgIpc) is 2.77. The van der Waals surface area contributed by atoms with Crippen molar-refractivity contribution in [3.8, 4) is 17.2 Å². The van der Waals surface area contributed by atoms with Crippen LogP contribution in [0.2, 0.25) is 0 Å². The SMILES string of the molecule is N#Cc1cccc(COC(=O)CNC(=O)c2ccc(-c3ccccc3)cc2)c1. The zero-order valence-corrected chi connectivity index (χ0v) is 15.1. The molecule has 1 N–H and O–H groups in total. The lowest BCUT2D eigenvalue weighted by atomic mass is 10.0. The fraction of sp³-hybridized carbons (Fsp3) is 0.0870. The van der Waals surface area contributed by atoms with Crippen LogP contribution >= 0.6 is 0 Å². The van der Waals surface area contributed by atoms with Gasteiger partial charge in [-0.3, -0.25) is 9.59 Å². The van der Waals surface area contributed by atoms with Gasteiger partial charge in [-0.05, 0) is 41.0 Å². The first-order valence-corrected chi connectivity index (χ1v) is 8.74. The summed E-state index contributed by atoms with van der Waals surface area (Å²) in [4.78, 5) is 24.0. The minimum Gasteiger partial charge on any atom is -0.460 e. The van der Waals surface area contributed by atoms with E-state index in [4.69, 9.17) is 10.00 Å². The summed E-state index contributed by atoms with van der Waals surface area (Å²) in [5, 5.41) is 11.4. The van der Waals surface area contributed by atoms with Crippen molar-refractivity contribution in [3.05, 3.63) is 95.6 Å². The Morgan fingerprint density at radius 1 is 0.893 bits per heavy atom. The van der Waals surface area contributed by atoms with Crippen molar-refractivity contribution in [2.75, 3.05) is 6.54 Å². The number of benzene rings is 3. The molecule has 3 aromatic rings. The van der Waals surface area contributed by atoms with Crippen LogP contribution in [0.15, 0.2) is 78.9 Å². The van der Waals surface area contributed by atoms with Crippen molar-refractivity contribution >= 4 is 11.9 Å². The number of carbonyl (C=O) groups excluding carboxylic acids is 2. The molecule has 0 unspecified atom stereocenters. The molecule has 5 nitrogen and oxygen atoms in total. The van der Waals surface area contributed by atoms with Crippen LogP contribution in [-0.2, 0) is 16.1 Å². The molecular formula is C23H18N2O3. The molecule has 0 bridgehead atoms. The fourth-order valence-corrected chi connectivity index (χ4v) is 2.64. The number of nitrogens with one attached hydrogen (secondary N) is 1. The summed E-state index contributed by atoms with van der Waals surface area (Å²) in [6.45, 7) is -0.173. The predicted octanol–water partition coefficient (Wildman–Crippen LogP) is 3.70. The molecule has 0 aliphatic heterocycles. The molecule has 0 saturated carbocycles. The van der Waals surface area contributed by atoms with Crippen LogP contribution in [0.5, 0.6) is 0 Å². The molecule has 0 fully saturated rings. The number of nitrogens with zero attached hydrogens (tertiary/aromatic N) is 1. The Morgan fingerprint density at radius 2 is 1.61 bits per heavy atom. The minimum atomic E-state index is -0.545. The van der Waals surface area contributed by atoms with Gasteiger partial charge in [-0.15, -0.1) is 0 Å². The lowest BCUT2D eigenvalue weighted by molar-refractivity contribution is -0.143. The van der Waals surface area contributed by atoms with E-state index in [1.807, 2.05) is 48.5 Å². The topological polar surface area (TPSA) is 79.2 Å². The summed E-state index contributed by atoms with van der Waals surface area (Å²) in [5.74, 6) is -0.889. The maximum Gasteiger partial charge on any atom is 0.325 e. The van der Waals surface area contributed by atoms with Crippen LogP contribution in [0.3, 0.4) is 0 Å². The Labute approximate surface area is 163 Å². The third kappa shape index (κ3) is 5.05. The van der Waals surface area contributed by atoms with Gasteiger partial charge >= 0.3 is 5.97 Å². The van der Waals surface area contributed by atoms with Crippen molar-refractivity contribution in [3.63, 3.8) is 0 Å². The minimum absolute atomic E-state index is 0.0516. The first-order chi connectivity index (χ1) is 13.7. The third-order valence-corrected chi connectivity index (χ3v) is 4.10. The summed E-state index contributed by atoms with van der Waals surface area (Å²) in [5.41, 5.74) is 3.76. The molecule has 0 aliphatic carbocycles. The highest BCUT2D eigenvalue weighted by atomic mass is 16.5. The van der Waals surface area contributed by atoms with Crippen molar-refractivity contribution in [2.24, 2.45) is 0 Å².